The Balaban J connectivity index is 0.00000363. The van der Waals surface area contributed by atoms with Crippen molar-refractivity contribution in [2.24, 2.45) is 0 Å². The maximum Gasteiger partial charge on any atom is 1.00 e. The maximum atomic E-state index is 11.8. The second-order valence-corrected chi connectivity index (χ2v) is 10.3. The Morgan fingerprint density at radius 2 is 1.82 bits per heavy atom. The molecular formula is C10H13N5Na3O13P3. The molecule has 0 saturated carbocycles. The van der Waals surface area contributed by atoms with Crippen LogP contribution in [0.5, 0.6) is 0 Å². The monoisotopic (exact) mass is 573 g/mol. The van der Waals surface area contributed by atoms with Gasteiger partial charge in [0.15, 0.2) is 11.2 Å². The predicted octanol–water partition coefficient (Wildman–Crippen LogP) is -12.2. The molecule has 1 saturated heterocycles. The largest absolute Gasteiger partial charge is 1.00 e. The molecule has 3 rings (SSSR count). The predicted molar refractivity (Wildman–Crippen MR) is 90.3 cm³/mol. The number of hydrogen-bond acceptors (Lipinski definition) is 15. The molecule has 174 valence electrons. The topological polar surface area (TPSA) is 287 Å². The molecule has 34 heavy (non-hydrogen) atoms. The number of nitrogens with zero attached hydrogens (tertiary/aromatic N) is 3. The van der Waals surface area contributed by atoms with Crippen LogP contribution in [0.25, 0.3) is 11.2 Å². The van der Waals surface area contributed by atoms with Crippen LogP contribution in [0.3, 0.4) is 0 Å². The first kappa shape index (κ1) is 35.5. The minimum Gasteiger partial charge on any atom is -0.756 e. The van der Waals surface area contributed by atoms with Crippen molar-refractivity contribution in [3.63, 3.8) is 0 Å². The quantitative estimate of drug-likeness (QED) is 0.168. The number of imidazole rings is 1. The molecule has 4 unspecified atom stereocenters. The molecule has 1 fully saturated rings. The number of anilines is 1. The van der Waals surface area contributed by atoms with Crippen LogP contribution in [0, 0.1) is 0 Å². The first-order valence-corrected chi connectivity index (χ1v) is 12.4. The van der Waals surface area contributed by atoms with Crippen LogP contribution in [0.2, 0.25) is 0 Å². The van der Waals surface area contributed by atoms with E-state index in [2.05, 4.69) is 28.1 Å². The number of aromatic amines is 1. The molecule has 3 heterocycles. The average molecular weight is 573 g/mol. The molecule has 0 amide bonds. The van der Waals surface area contributed by atoms with Gasteiger partial charge in [-0.05, 0) is 0 Å². The Morgan fingerprint density at radius 3 is 2.41 bits per heavy atom. The van der Waals surface area contributed by atoms with E-state index in [1.807, 2.05) is 0 Å². The van der Waals surface area contributed by atoms with Gasteiger partial charge in [-0.2, -0.15) is 4.98 Å². The fourth-order valence-electron chi connectivity index (χ4n) is 2.64. The molecule has 0 aromatic carbocycles. The van der Waals surface area contributed by atoms with E-state index in [1.165, 1.54) is 10.9 Å². The SMILES string of the molecule is Nc1nc2c(ncn2[C@H]2CC(O)[C@@H](COP(=O)([O-])OP(=O)([O-])OP(=O)([O-])O)O2)c(=O)[nH]1.[Na+].[Na+].[Na+]. The van der Waals surface area contributed by atoms with Crippen LogP contribution in [0.4, 0.5) is 5.95 Å². The number of nitrogens with two attached hydrogens (primary N) is 1. The van der Waals surface area contributed by atoms with Gasteiger partial charge in [0.05, 0.1) is 19.0 Å². The van der Waals surface area contributed by atoms with Crippen molar-refractivity contribution < 1.29 is 145 Å². The summed E-state index contributed by atoms with van der Waals surface area (Å²) in [6.07, 6.45) is -2.59. The van der Waals surface area contributed by atoms with Crippen molar-refractivity contribution in [1.82, 2.24) is 19.5 Å². The van der Waals surface area contributed by atoms with Crippen LogP contribution in [-0.4, -0.2) is 48.3 Å². The zero-order valence-electron chi connectivity index (χ0n) is 17.9. The summed E-state index contributed by atoms with van der Waals surface area (Å²) >= 11 is 0. The Kier molecular flexibility index (Phi) is 14.1. The number of ether oxygens (including phenoxy) is 1. The van der Waals surface area contributed by atoms with Crippen molar-refractivity contribution in [1.29, 1.82) is 0 Å². The zero-order chi connectivity index (χ0) is 23.2. The van der Waals surface area contributed by atoms with Crippen molar-refractivity contribution in [3.8, 4) is 0 Å². The van der Waals surface area contributed by atoms with Crippen molar-refractivity contribution >= 4 is 40.6 Å². The minimum atomic E-state index is -6.05. The normalized spacial score (nSPS) is 25.1. The Labute approximate surface area is 256 Å². The molecule has 1 aliphatic rings. The van der Waals surface area contributed by atoms with E-state index in [4.69, 9.17) is 15.4 Å². The smallest absolute Gasteiger partial charge is 0.756 e. The maximum absolute atomic E-state index is 11.8. The summed E-state index contributed by atoms with van der Waals surface area (Å²) in [6.45, 7) is -0.949. The van der Waals surface area contributed by atoms with Gasteiger partial charge in [0.2, 0.25) is 5.95 Å². The van der Waals surface area contributed by atoms with Crippen LogP contribution in [0.1, 0.15) is 12.6 Å². The van der Waals surface area contributed by atoms with E-state index in [1.54, 1.807) is 0 Å². The van der Waals surface area contributed by atoms with Gasteiger partial charge in [-0.25, -0.2) is 13.6 Å². The first-order valence-electron chi connectivity index (χ1n) is 7.95. The van der Waals surface area contributed by atoms with Crippen molar-refractivity contribution in [2.45, 2.75) is 24.9 Å². The van der Waals surface area contributed by atoms with E-state index >= 15 is 0 Å². The summed E-state index contributed by atoms with van der Waals surface area (Å²) < 4.78 is 50.8. The van der Waals surface area contributed by atoms with Crippen molar-refractivity contribution in [2.75, 3.05) is 12.3 Å². The number of phosphoric acid groups is 3. The van der Waals surface area contributed by atoms with Gasteiger partial charge in [-0.1, -0.05) is 0 Å². The summed E-state index contributed by atoms with van der Waals surface area (Å²) in [5.41, 5.74) is 4.80. The second-order valence-electron chi connectivity index (χ2n) is 6.03. The number of hydrogen-bond donors (Lipinski definition) is 4. The second kappa shape index (κ2) is 13.5. The number of phosphoric ester groups is 1. The average Bonchev–Trinajstić information content (AvgIpc) is 3.13. The van der Waals surface area contributed by atoms with Gasteiger partial charge in [-0.15, -0.1) is 0 Å². The van der Waals surface area contributed by atoms with Gasteiger partial charge in [0.1, 0.15) is 12.3 Å². The first-order chi connectivity index (χ1) is 14.2. The third-order valence-electron chi connectivity index (χ3n) is 3.77. The van der Waals surface area contributed by atoms with Gasteiger partial charge < -0.3 is 39.7 Å². The molecule has 18 nitrogen and oxygen atoms in total. The molecule has 0 bridgehead atoms. The number of rotatable bonds is 8. The molecule has 5 N–H and O–H groups in total. The molecule has 2 aromatic heterocycles. The van der Waals surface area contributed by atoms with Gasteiger partial charge in [-0.3, -0.25) is 28.0 Å². The number of aromatic nitrogens is 4. The van der Waals surface area contributed by atoms with E-state index in [0.29, 0.717) is 0 Å². The molecule has 0 radical (unpaired) electrons. The van der Waals surface area contributed by atoms with Crippen LogP contribution in [0.15, 0.2) is 11.1 Å². The Hall–Kier alpha value is 1.48. The van der Waals surface area contributed by atoms with Crippen molar-refractivity contribution in [3.05, 3.63) is 16.7 Å². The van der Waals surface area contributed by atoms with E-state index in [9.17, 15) is 38.3 Å². The van der Waals surface area contributed by atoms with Crippen LogP contribution >= 0.6 is 23.5 Å². The van der Waals surface area contributed by atoms with Crippen LogP contribution < -0.4 is 115 Å². The molecular weight excluding hydrogens is 560 g/mol. The third-order valence-corrected chi connectivity index (χ3v) is 7.46. The summed E-state index contributed by atoms with van der Waals surface area (Å²) in [4.78, 5) is 63.3. The summed E-state index contributed by atoms with van der Waals surface area (Å²) in [5, 5.41) is 10.1. The van der Waals surface area contributed by atoms with Crippen LogP contribution in [-0.2, 0) is 31.6 Å². The zero-order valence-corrected chi connectivity index (χ0v) is 26.6. The number of aliphatic hydroxyl groups is 1. The summed E-state index contributed by atoms with van der Waals surface area (Å²) in [7, 11) is -17.6. The molecule has 0 spiro atoms. The summed E-state index contributed by atoms with van der Waals surface area (Å²) in [6, 6.07) is 0. The molecule has 0 aliphatic carbocycles. The number of aliphatic hydroxyl groups excluding tert-OH is 1. The molecule has 2 aromatic rings. The van der Waals surface area contributed by atoms with E-state index in [-0.39, 0.29) is 112 Å². The van der Waals surface area contributed by atoms with Gasteiger partial charge >= 0.3 is 88.7 Å². The molecule has 6 atom stereocenters. The number of nitrogens with one attached hydrogen (secondary N) is 1. The molecule has 1 aliphatic heterocycles. The van der Waals surface area contributed by atoms with E-state index in [0.717, 1.165) is 0 Å². The fourth-order valence-corrected chi connectivity index (χ4v) is 5.54. The molecule has 24 heteroatoms. The van der Waals surface area contributed by atoms with Gasteiger partial charge in [0, 0.05) is 6.42 Å². The number of fused-ring (bicyclic) bond motifs is 1. The fraction of sp³-hybridized carbons (Fsp3) is 0.500. The Morgan fingerprint density at radius 1 is 1.21 bits per heavy atom. The summed E-state index contributed by atoms with van der Waals surface area (Å²) in [5.74, 6) is -0.211. The standard InChI is InChI=1S/C10H16N5O13P3.3Na/c11-10-13-8-7(9(17)14-10)12-3-15(8)6-1-4(16)5(26-6)2-25-30(21,22)28-31(23,24)27-29(18,19)20;;;/h3-6,16H,1-2H2,(H,21,22)(H,23,24)(H2,18,19,20)(H3,11,13,14,17);;;/q;3*+1/p-3/t4?,5-,6-;;;/m1.../s1. The Bertz CT molecular complexity index is 1190. The minimum absolute atomic E-state index is 0. The number of H-pyrrole nitrogens is 1. The van der Waals surface area contributed by atoms with Gasteiger partial charge in [0.25, 0.3) is 29.0 Å². The number of nitrogen functional groups attached to an aromatic ring is 1. The van der Waals surface area contributed by atoms with E-state index < -0.39 is 54.1 Å². The third kappa shape index (κ3) is 9.66.